The van der Waals surface area contributed by atoms with Gasteiger partial charge in [0.1, 0.15) is 5.71 Å². The molecule has 0 spiro atoms. The van der Waals surface area contributed by atoms with Gasteiger partial charge in [0.15, 0.2) is 11.7 Å². The van der Waals surface area contributed by atoms with Crippen molar-refractivity contribution in [3.63, 3.8) is 0 Å². The van der Waals surface area contributed by atoms with Gasteiger partial charge in [0.25, 0.3) is 0 Å². The second kappa shape index (κ2) is 12.4. The summed E-state index contributed by atoms with van der Waals surface area (Å²) in [5, 5.41) is 11.8. The number of amidine groups is 1. The molecule has 4 rings (SSSR count). The third-order valence-electron chi connectivity index (χ3n) is 5.41. The van der Waals surface area contributed by atoms with Gasteiger partial charge in [-0.05, 0) is 55.0 Å². The third-order valence-corrected chi connectivity index (χ3v) is 6.16. The zero-order chi connectivity index (χ0) is 29.7. The smallest absolute Gasteiger partial charge is 0.401 e. The summed E-state index contributed by atoms with van der Waals surface area (Å²) >= 11 is 9.58. The van der Waals surface area contributed by atoms with Crippen molar-refractivity contribution < 1.29 is 17.6 Å². The van der Waals surface area contributed by atoms with Gasteiger partial charge in [0, 0.05) is 21.9 Å². The molecule has 2 aromatic heterocycles. The van der Waals surface area contributed by atoms with Crippen LogP contribution in [0, 0.1) is 6.92 Å². The predicted octanol–water partition coefficient (Wildman–Crippen LogP) is 6.06. The van der Waals surface area contributed by atoms with Gasteiger partial charge in [-0.3, -0.25) is 0 Å². The Morgan fingerprint density at radius 3 is 2.59 bits per heavy atom. The van der Waals surface area contributed by atoms with E-state index >= 15 is 0 Å². The normalized spacial score (nSPS) is 13.4. The van der Waals surface area contributed by atoms with E-state index in [2.05, 4.69) is 46.2 Å². The van der Waals surface area contributed by atoms with Crippen LogP contribution in [-0.4, -0.2) is 28.1 Å². The molecule has 15 heteroatoms. The summed E-state index contributed by atoms with van der Waals surface area (Å²) in [5.41, 5.74) is 6.11. The van der Waals surface area contributed by atoms with Crippen molar-refractivity contribution in [2.75, 3.05) is 6.54 Å². The van der Waals surface area contributed by atoms with Crippen LogP contribution in [0.25, 0.3) is 10.9 Å². The molecule has 0 saturated carbocycles. The number of allylic oxidation sites excluding steroid dienone is 1. The molecule has 4 aromatic rings. The molecular formula is C26H19BrClF3N8O2. The van der Waals surface area contributed by atoms with Crippen LogP contribution >= 0.6 is 27.5 Å². The molecule has 0 aliphatic rings. The second-order valence-electron chi connectivity index (χ2n) is 8.38. The number of fused-ring (bicyclic) bond motifs is 1. The number of hydrogen-bond acceptors (Lipinski definition) is 9. The summed E-state index contributed by atoms with van der Waals surface area (Å²) in [6.07, 6.45) is -1.66. The summed E-state index contributed by atoms with van der Waals surface area (Å²) in [6, 6.07) is 10.7. The van der Waals surface area contributed by atoms with Gasteiger partial charge in [0.05, 0.1) is 28.0 Å². The lowest BCUT2D eigenvalue weighted by molar-refractivity contribution is -0.137. The van der Waals surface area contributed by atoms with Crippen molar-refractivity contribution in [1.82, 2.24) is 9.97 Å². The number of hydrazone groups is 1. The van der Waals surface area contributed by atoms with E-state index in [1.54, 1.807) is 31.2 Å². The van der Waals surface area contributed by atoms with Gasteiger partial charge in [-0.15, -0.1) is 5.11 Å². The van der Waals surface area contributed by atoms with E-state index in [-0.39, 0.29) is 51.5 Å². The number of nitrogens with two attached hydrogens (primary N) is 2. The minimum absolute atomic E-state index is 0.0232. The number of alkyl halides is 3. The number of aromatic nitrogens is 2. The van der Waals surface area contributed by atoms with Crippen LogP contribution in [0.3, 0.4) is 0 Å². The number of rotatable bonds is 6. The first-order valence-corrected chi connectivity index (χ1v) is 12.7. The Hall–Kier alpha value is -4.43. The molecule has 2 aromatic carbocycles. The first kappa shape index (κ1) is 29.6. The fourth-order valence-corrected chi connectivity index (χ4v) is 4.24. The van der Waals surface area contributed by atoms with Gasteiger partial charge < -0.3 is 16.0 Å². The highest BCUT2D eigenvalue weighted by Gasteiger charge is 2.30. The number of benzene rings is 2. The fourth-order valence-electron chi connectivity index (χ4n) is 3.50. The van der Waals surface area contributed by atoms with Crippen molar-refractivity contribution >= 4 is 55.8 Å². The molecule has 0 fully saturated rings. The number of aryl methyl sites for hydroxylation is 1. The van der Waals surface area contributed by atoms with Crippen molar-refractivity contribution in [1.29, 1.82) is 0 Å². The quantitative estimate of drug-likeness (QED) is 0.0851. The number of halogens is 5. The van der Waals surface area contributed by atoms with Gasteiger partial charge >= 0.3 is 11.8 Å². The Labute approximate surface area is 243 Å². The molecule has 0 aliphatic heterocycles. The second-order valence-corrected chi connectivity index (χ2v) is 9.70. The summed E-state index contributed by atoms with van der Waals surface area (Å²) in [5.74, 6) is 5.20. The molecule has 210 valence electrons. The maximum absolute atomic E-state index is 12.8. The van der Waals surface area contributed by atoms with E-state index in [0.717, 1.165) is 12.1 Å². The van der Waals surface area contributed by atoms with Crippen LogP contribution in [-0.2, 0) is 6.18 Å². The highest BCUT2D eigenvalue weighted by atomic mass is 79.9. The van der Waals surface area contributed by atoms with Crippen LogP contribution < -0.4 is 17.2 Å². The number of hydrogen-bond donors (Lipinski definition) is 2. The first-order valence-electron chi connectivity index (χ1n) is 11.6. The lowest BCUT2D eigenvalue weighted by Crippen LogP contribution is -2.13. The van der Waals surface area contributed by atoms with Gasteiger partial charge in [0.2, 0.25) is 5.89 Å². The summed E-state index contributed by atoms with van der Waals surface area (Å²) in [7, 11) is 0. The number of nitrogens with zero attached hydrogens (tertiary/aromatic N) is 6. The Balaban J connectivity index is 1.68. The molecule has 0 atom stereocenters. The van der Waals surface area contributed by atoms with E-state index in [1.165, 1.54) is 24.4 Å². The maximum atomic E-state index is 12.8. The van der Waals surface area contributed by atoms with Crippen molar-refractivity contribution in [2.24, 2.45) is 31.9 Å². The first-order chi connectivity index (χ1) is 19.5. The lowest BCUT2D eigenvalue weighted by atomic mass is 10.1. The molecule has 0 amide bonds. The topological polar surface area (TPSA) is 157 Å². The molecular weight excluding hydrogens is 629 g/mol. The molecule has 10 nitrogen and oxygen atoms in total. The minimum Gasteiger partial charge on any atom is -0.401 e. The van der Waals surface area contributed by atoms with Crippen LogP contribution in [0.5, 0.6) is 0 Å². The Kier molecular flexibility index (Phi) is 8.93. The zero-order valence-corrected chi connectivity index (χ0v) is 23.4. The van der Waals surface area contributed by atoms with E-state index in [1.807, 2.05) is 0 Å². The molecule has 0 unspecified atom stereocenters. The Bertz CT molecular complexity index is 1780. The van der Waals surface area contributed by atoms with Crippen molar-refractivity contribution in [3.8, 4) is 0 Å². The van der Waals surface area contributed by atoms with Crippen molar-refractivity contribution in [3.05, 3.63) is 109 Å². The standard InChI is InChI=1S/C26H19BrClF3N8O2/c1-13-9-16(27)10-18-21(13)37-24(41-25(18)40)20(36-23-19(28)3-2-8-34-23)11-17(32)12-35-39-22(38-33)14-4-6-15(7-5-14)26(29,30)31/h2-11H,12,32-33H2,1H3/b17-11-,36-20-,38-22-,39-35?. The number of azo groups is 1. The lowest BCUT2D eigenvalue weighted by Gasteiger charge is -2.07. The molecule has 2 heterocycles. The van der Waals surface area contributed by atoms with E-state index in [0.29, 0.717) is 15.6 Å². The van der Waals surface area contributed by atoms with Crippen LogP contribution in [0.2, 0.25) is 5.02 Å². The summed E-state index contributed by atoms with van der Waals surface area (Å²) < 4.78 is 44.7. The molecule has 0 radical (unpaired) electrons. The van der Waals surface area contributed by atoms with Crippen molar-refractivity contribution in [2.45, 2.75) is 13.1 Å². The summed E-state index contributed by atoms with van der Waals surface area (Å²) in [4.78, 5) is 25.8. The predicted molar refractivity (Wildman–Crippen MR) is 152 cm³/mol. The SMILES string of the molecule is Cc1cc(Br)cc2c(=O)oc(C(/C=C(\N)CN=N/C(=N\N)c3ccc(C(F)(F)F)cc3)=N\c3ncccc3Cl)nc12. The molecule has 0 aliphatic carbocycles. The van der Waals surface area contributed by atoms with Gasteiger partial charge in [-0.2, -0.15) is 23.4 Å². The van der Waals surface area contributed by atoms with Gasteiger partial charge in [-0.25, -0.2) is 19.8 Å². The van der Waals surface area contributed by atoms with E-state index < -0.39 is 17.4 Å². The van der Waals surface area contributed by atoms with Crippen LogP contribution in [0.15, 0.2) is 101 Å². The van der Waals surface area contributed by atoms with Crippen LogP contribution in [0.1, 0.15) is 22.6 Å². The van der Waals surface area contributed by atoms with Crippen LogP contribution in [0.4, 0.5) is 19.0 Å². The zero-order valence-electron chi connectivity index (χ0n) is 21.0. The maximum Gasteiger partial charge on any atom is 0.416 e. The Morgan fingerprint density at radius 2 is 1.93 bits per heavy atom. The number of pyridine rings is 1. The van der Waals surface area contributed by atoms with Gasteiger partial charge in [-0.1, -0.05) is 39.7 Å². The summed E-state index contributed by atoms with van der Waals surface area (Å²) in [6.45, 7) is 1.58. The molecule has 4 N–H and O–H groups in total. The monoisotopic (exact) mass is 646 g/mol. The average molecular weight is 648 g/mol. The largest absolute Gasteiger partial charge is 0.416 e. The highest BCUT2D eigenvalue weighted by Crippen LogP contribution is 2.29. The highest BCUT2D eigenvalue weighted by molar-refractivity contribution is 9.10. The fraction of sp³-hybridized carbons (Fsp3) is 0.115. The average Bonchev–Trinajstić information content (AvgIpc) is 2.92. The molecule has 41 heavy (non-hydrogen) atoms. The van der Waals surface area contributed by atoms with E-state index in [9.17, 15) is 18.0 Å². The minimum atomic E-state index is -4.49. The van der Waals surface area contributed by atoms with E-state index in [4.69, 9.17) is 27.6 Å². The third kappa shape index (κ3) is 7.21. The number of aliphatic imine (C=N–C) groups is 1. The Morgan fingerprint density at radius 1 is 1.20 bits per heavy atom. The molecule has 0 saturated heterocycles. The molecule has 0 bridgehead atoms.